The fourth-order valence-electron chi connectivity index (χ4n) is 0.561. The summed E-state index contributed by atoms with van der Waals surface area (Å²) in [4.78, 5) is 20.2. The van der Waals surface area contributed by atoms with E-state index in [0.717, 1.165) is 0 Å². The lowest BCUT2D eigenvalue weighted by Gasteiger charge is -1.99. The summed E-state index contributed by atoms with van der Waals surface area (Å²) in [5.41, 5.74) is 4.81. The predicted octanol–water partition coefficient (Wildman–Crippen LogP) is -0.806. The van der Waals surface area contributed by atoms with E-state index >= 15 is 0 Å². The number of carboxylic acid groups (broad SMARTS) is 1. The van der Waals surface area contributed by atoms with Crippen LogP contribution in [0.2, 0.25) is 0 Å². The zero-order valence-corrected chi connectivity index (χ0v) is 6.58. The monoisotopic (exact) mass is 173 g/mol. The molecule has 0 saturated heterocycles. The third-order valence-corrected chi connectivity index (χ3v) is 1.14. The van der Waals surface area contributed by atoms with Crippen molar-refractivity contribution in [3.8, 4) is 0 Å². The summed E-state index contributed by atoms with van der Waals surface area (Å²) in [6, 6.07) is 0. The molecule has 0 amide bonds. The molecular formula is C7H11NO4. The number of nitrogens with two attached hydrogens (primary N) is 1. The van der Waals surface area contributed by atoms with Gasteiger partial charge in [-0.3, -0.25) is 0 Å². The molecule has 0 atom stereocenters. The van der Waals surface area contributed by atoms with Crippen LogP contribution in [0, 0.1) is 0 Å². The van der Waals surface area contributed by atoms with E-state index in [1.807, 2.05) is 0 Å². The van der Waals surface area contributed by atoms with Crippen LogP contribution in [0.3, 0.4) is 0 Å². The van der Waals surface area contributed by atoms with E-state index in [-0.39, 0.29) is 18.6 Å². The maximum atomic E-state index is 10.2. The van der Waals surface area contributed by atoms with E-state index in [1.165, 1.54) is 5.94 Å². The molecule has 68 valence electrons. The van der Waals surface area contributed by atoms with Gasteiger partial charge >= 0.3 is 5.97 Å². The van der Waals surface area contributed by atoms with Gasteiger partial charge in [-0.05, 0) is 0 Å². The van der Waals surface area contributed by atoms with Crippen molar-refractivity contribution in [2.24, 2.45) is 5.73 Å². The Bertz CT molecular complexity index is 196. The quantitative estimate of drug-likeness (QED) is 0.311. The van der Waals surface area contributed by atoms with E-state index < -0.39 is 5.97 Å². The number of ether oxygens (including phenoxy) is 1. The molecule has 0 saturated carbocycles. The van der Waals surface area contributed by atoms with Crippen LogP contribution in [0.1, 0.15) is 6.42 Å². The standard InChI is InChI=1S/C7H11NO4/c8-2-4-12-3-1-6(5-9)7(10)11/h1-4,8H2,(H,10,11). The third kappa shape index (κ3) is 4.62. The summed E-state index contributed by atoms with van der Waals surface area (Å²) < 4.78 is 4.88. The van der Waals surface area contributed by atoms with Crippen LogP contribution in [0.4, 0.5) is 0 Å². The minimum Gasteiger partial charge on any atom is -0.477 e. The molecule has 0 aliphatic carbocycles. The van der Waals surface area contributed by atoms with Gasteiger partial charge in [0.05, 0.1) is 13.2 Å². The second-order valence-electron chi connectivity index (χ2n) is 2.04. The lowest BCUT2D eigenvalue weighted by molar-refractivity contribution is -0.132. The Morgan fingerprint density at radius 3 is 2.58 bits per heavy atom. The van der Waals surface area contributed by atoms with E-state index in [2.05, 4.69) is 0 Å². The van der Waals surface area contributed by atoms with Crippen molar-refractivity contribution in [3.05, 3.63) is 5.57 Å². The smallest absolute Gasteiger partial charge is 0.342 e. The van der Waals surface area contributed by atoms with E-state index in [4.69, 9.17) is 15.6 Å². The van der Waals surface area contributed by atoms with Crippen LogP contribution in [-0.4, -0.2) is 36.8 Å². The average Bonchev–Trinajstić information content (AvgIpc) is 2.04. The molecule has 3 N–H and O–H groups in total. The van der Waals surface area contributed by atoms with Crippen LogP contribution < -0.4 is 5.73 Å². The number of hydrogen-bond donors (Lipinski definition) is 2. The minimum atomic E-state index is -1.25. The maximum absolute atomic E-state index is 10.2. The fraction of sp³-hybridized carbons (Fsp3) is 0.571. The summed E-state index contributed by atoms with van der Waals surface area (Å²) in [7, 11) is 0. The molecule has 5 heteroatoms. The first kappa shape index (κ1) is 10.8. The molecule has 0 aliphatic rings. The van der Waals surface area contributed by atoms with Crippen molar-refractivity contribution in [2.75, 3.05) is 19.8 Å². The fourth-order valence-corrected chi connectivity index (χ4v) is 0.561. The summed E-state index contributed by atoms with van der Waals surface area (Å²) in [5, 5.41) is 8.35. The molecule has 0 rings (SSSR count). The van der Waals surface area contributed by atoms with Crippen LogP contribution in [0.15, 0.2) is 5.57 Å². The van der Waals surface area contributed by atoms with Crippen LogP contribution in [0.5, 0.6) is 0 Å². The van der Waals surface area contributed by atoms with Gasteiger partial charge in [-0.15, -0.1) is 0 Å². The van der Waals surface area contributed by atoms with E-state index in [1.54, 1.807) is 0 Å². The molecule has 0 bridgehead atoms. The van der Waals surface area contributed by atoms with Gasteiger partial charge in [0, 0.05) is 13.0 Å². The molecule has 0 aromatic carbocycles. The van der Waals surface area contributed by atoms with Crippen molar-refractivity contribution in [3.63, 3.8) is 0 Å². The molecule has 5 nitrogen and oxygen atoms in total. The number of carbonyl (C=O) groups excluding carboxylic acids is 1. The molecule has 0 heterocycles. The maximum Gasteiger partial charge on any atom is 0.342 e. The van der Waals surface area contributed by atoms with Crippen LogP contribution in [0.25, 0.3) is 0 Å². The number of carboxylic acids is 1. The average molecular weight is 173 g/mol. The topological polar surface area (TPSA) is 89.6 Å². The van der Waals surface area contributed by atoms with Crippen LogP contribution in [-0.2, 0) is 14.3 Å². The summed E-state index contributed by atoms with van der Waals surface area (Å²) in [6.45, 7) is 0.938. The first-order valence-corrected chi connectivity index (χ1v) is 3.47. The summed E-state index contributed by atoms with van der Waals surface area (Å²) in [5.74, 6) is 0.0855. The Balaban J connectivity index is 3.61. The zero-order valence-electron chi connectivity index (χ0n) is 6.58. The Kier molecular flexibility index (Phi) is 5.91. The normalized spacial score (nSPS) is 9.08. The Morgan fingerprint density at radius 1 is 1.50 bits per heavy atom. The summed E-state index contributed by atoms with van der Waals surface area (Å²) in [6.07, 6.45) is 0.0683. The summed E-state index contributed by atoms with van der Waals surface area (Å²) >= 11 is 0. The molecule has 12 heavy (non-hydrogen) atoms. The molecule has 0 spiro atoms. The Hall–Kier alpha value is -1.16. The highest BCUT2D eigenvalue weighted by atomic mass is 16.5. The molecule has 0 aromatic heterocycles. The van der Waals surface area contributed by atoms with Crippen molar-refractivity contribution in [1.29, 1.82) is 0 Å². The van der Waals surface area contributed by atoms with Crippen molar-refractivity contribution in [1.82, 2.24) is 0 Å². The van der Waals surface area contributed by atoms with Gasteiger partial charge in [0.2, 0.25) is 0 Å². The van der Waals surface area contributed by atoms with Crippen molar-refractivity contribution in [2.45, 2.75) is 6.42 Å². The Morgan fingerprint density at radius 2 is 2.17 bits per heavy atom. The first-order valence-electron chi connectivity index (χ1n) is 3.47. The zero-order chi connectivity index (χ0) is 9.40. The van der Waals surface area contributed by atoms with Gasteiger partial charge in [-0.1, -0.05) is 0 Å². The highest BCUT2D eigenvalue weighted by Gasteiger charge is 2.07. The van der Waals surface area contributed by atoms with Crippen LogP contribution >= 0.6 is 0 Å². The second kappa shape index (κ2) is 6.54. The molecular weight excluding hydrogens is 162 g/mol. The Labute approximate surface area is 69.8 Å². The number of hydrogen-bond acceptors (Lipinski definition) is 4. The lowest BCUT2D eigenvalue weighted by atomic mass is 10.2. The van der Waals surface area contributed by atoms with E-state index in [0.29, 0.717) is 13.2 Å². The number of aliphatic carboxylic acids is 1. The molecule has 0 fully saturated rings. The lowest BCUT2D eigenvalue weighted by Crippen LogP contribution is -2.11. The SMILES string of the molecule is NCCOCCC(=C=O)C(=O)O. The highest BCUT2D eigenvalue weighted by Crippen LogP contribution is 1.96. The third-order valence-electron chi connectivity index (χ3n) is 1.14. The molecule has 0 unspecified atom stereocenters. The second-order valence-corrected chi connectivity index (χ2v) is 2.04. The van der Waals surface area contributed by atoms with Gasteiger partial charge in [0.25, 0.3) is 0 Å². The minimum absolute atomic E-state index is 0.0683. The first-order chi connectivity index (χ1) is 5.72. The molecule has 0 aromatic rings. The van der Waals surface area contributed by atoms with Gasteiger partial charge in [0.1, 0.15) is 11.5 Å². The largest absolute Gasteiger partial charge is 0.477 e. The van der Waals surface area contributed by atoms with Gasteiger partial charge in [-0.25, -0.2) is 9.59 Å². The van der Waals surface area contributed by atoms with Gasteiger partial charge in [0.15, 0.2) is 0 Å². The molecule has 0 aliphatic heterocycles. The highest BCUT2D eigenvalue weighted by molar-refractivity contribution is 5.95. The van der Waals surface area contributed by atoms with E-state index in [9.17, 15) is 9.59 Å². The van der Waals surface area contributed by atoms with Crippen molar-refractivity contribution < 1.29 is 19.4 Å². The number of carbonyl (C=O) groups is 1. The van der Waals surface area contributed by atoms with Gasteiger partial charge < -0.3 is 15.6 Å². The number of rotatable bonds is 6. The predicted molar refractivity (Wildman–Crippen MR) is 41.3 cm³/mol. The van der Waals surface area contributed by atoms with Crippen molar-refractivity contribution >= 4 is 11.9 Å². The van der Waals surface area contributed by atoms with Gasteiger partial charge in [-0.2, -0.15) is 0 Å². The molecule has 0 radical (unpaired) electrons.